The van der Waals surface area contributed by atoms with Gasteiger partial charge in [0.1, 0.15) is 0 Å². The molecule has 0 bridgehead atoms. The van der Waals surface area contributed by atoms with Crippen molar-refractivity contribution in [2.45, 2.75) is 6.10 Å². The lowest BCUT2D eigenvalue weighted by Gasteiger charge is -2.04. The number of aliphatic carboxylic acids is 1. The average Bonchev–Trinajstić information content (AvgIpc) is 1.69. The first-order valence-corrected chi connectivity index (χ1v) is 2.18. The molecule has 56 valence electrons. The van der Waals surface area contributed by atoms with Crippen molar-refractivity contribution in [3.8, 4) is 0 Å². The number of methoxy groups -OCH3 is 1. The van der Waals surface area contributed by atoms with E-state index in [-0.39, 0.29) is 19.0 Å². The van der Waals surface area contributed by atoms with Crippen LogP contribution in [0, 0.1) is 0 Å². The first-order valence-electron chi connectivity index (χ1n) is 2.18. The third-order valence-electron chi connectivity index (χ3n) is 0.774. The van der Waals surface area contributed by atoms with Gasteiger partial charge in [-0.1, -0.05) is 0 Å². The Balaban J connectivity index is 0. The maximum Gasteiger partial charge on any atom is 0.334 e. The van der Waals surface area contributed by atoms with Crippen LogP contribution in [0.5, 0.6) is 0 Å². The summed E-state index contributed by atoms with van der Waals surface area (Å²) in [5, 5.41) is 8.17. The van der Waals surface area contributed by atoms with Crippen molar-refractivity contribution in [2.24, 2.45) is 5.73 Å². The van der Waals surface area contributed by atoms with Gasteiger partial charge in [0.05, 0.1) is 0 Å². The van der Waals surface area contributed by atoms with E-state index < -0.39 is 12.1 Å². The number of nitrogens with two attached hydrogens (primary N) is 1. The van der Waals surface area contributed by atoms with Crippen LogP contribution in [-0.4, -0.2) is 30.8 Å². The lowest BCUT2D eigenvalue weighted by molar-refractivity contribution is -0.147. The molecule has 0 fully saturated rings. The summed E-state index contributed by atoms with van der Waals surface area (Å²) in [7, 11) is 1.31. The molecule has 0 aromatic rings. The van der Waals surface area contributed by atoms with Gasteiger partial charge in [-0.3, -0.25) is 0 Å². The summed E-state index contributed by atoms with van der Waals surface area (Å²) in [6, 6.07) is 0. The van der Waals surface area contributed by atoms with Crippen molar-refractivity contribution in [2.75, 3.05) is 13.7 Å². The van der Waals surface area contributed by atoms with Crippen molar-refractivity contribution in [1.82, 2.24) is 0 Å². The maximum absolute atomic E-state index is 9.96. The van der Waals surface area contributed by atoms with Crippen molar-refractivity contribution in [3.63, 3.8) is 0 Å². The van der Waals surface area contributed by atoms with Gasteiger partial charge in [-0.05, 0) is 0 Å². The highest BCUT2D eigenvalue weighted by molar-refractivity contribution is 5.85. The van der Waals surface area contributed by atoms with Gasteiger partial charge < -0.3 is 15.6 Å². The Bertz CT molecular complexity index is 83.9. The van der Waals surface area contributed by atoms with Crippen LogP contribution in [0.25, 0.3) is 0 Å². The lowest BCUT2D eigenvalue weighted by atomic mass is 10.4. The first-order chi connectivity index (χ1) is 3.72. The minimum absolute atomic E-state index is 0. The fourth-order valence-corrected chi connectivity index (χ4v) is 0.298. The molecule has 0 aromatic carbocycles. The third-order valence-corrected chi connectivity index (χ3v) is 0.774. The van der Waals surface area contributed by atoms with E-state index in [0.717, 1.165) is 0 Å². The van der Waals surface area contributed by atoms with Crippen LogP contribution in [0.1, 0.15) is 0 Å². The van der Waals surface area contributed by atoms with Gasteiger partial charge in [0.15, 0.2) is 6.10 Å². The van der Waals surface area contributed by atoms with Crippen LogP contribution in [0.4, 0.5) is 0 Å². The van der Waals surface area contributed by atoms with Crippen LogP contribution < -0.4 is 5.73 Å². The summed E-state index contributed by atoms with van der Waals surface area (Å²) in [6.45, 7) is 0.0197. The zero-order valence-corrected chi connectivity index (χ0v) is 5.85. The summed E-state index contributed by atoms with van der Waals surface area (Å²) in [4.78, 5) is 9.96. The molecule has 5 heteroatoms. The molecule has 0 spiro atoms. The van der Waals surface area contributed by atoms with E-state index in [1.807, 2.05) is 0 Å². The maximum atomic E-state index is 9.96. The average molecular weight is 156 g/mol. The SMILES string of the molecule is COC(CN)C(=O)O.Cl. The third kappa shape index (κ3) is 4.20. The Hall–Kier alpha value is -0.320. The van der Waals surface area contributed by atoms with Gasteiger partial charge in [-0.2, -0.15) is 0 Å². The van der Waals surface area contributed by atoms with E-state index in [4.69, 9.17) is 10.8 Å². The second-order valence-corrected chi connectivity index (χ2v) is 1.30. The minimum Gasteiger partial charge on any atom is -0.479 e. The van der Waals surface area contributed by atoms with Gasteiger partial charge in [0.2, 0.25) is 0 Å². The standard InChI is InChI=1S/C4H9NO3.ClH/c1-8-3(2-5)4(6)7;/h3H,2,5H2,1H3,(H,6,7);1H. The van der Waals surface area contributed by atoms with E-state index in [9.17, 15) is 4.79 Å². The molecule has 0 radical (unpaired) electrons. The smallest absolute Gasteiger partial charge is 0.334 e. The predicted octanol–water partition coefficient (Wildman–Crippen LogP) is -0.533. The molecule has 0 aliphatic carbocycles. The minimum atomic E-state index is -1.02. The van der Waals surface area contributed by atoms with Gasteiger partial charge in [-0.15, -0.1) is 12.4 Å². The van der Waals surface area contributed by atoms with Crippen LogP contribution >= 0.6 is 12.4 Å². The lowest BCUT2D eigenvalue weighted by Crippen LogP contribution is -2.30. The number of rotatable bonds is 3. The molecule has 0 amide bonds. The number of carboxylic acids is 1. The van der Waals surface area contributed by atoms with E-state index >= 15 is 0 Å². The van der Waals surface area contributed by atoms with Crippen molar-refractivity contribution in [1.29, 1.82) is 0 Å². The number of halogens is 1. The molecule has 0 aliphatic rings. The Labute approximate surface area is 59.4 Å². The zero-order chi connectivity index (χ0) is 6.57. The summed E-state index contributed by atoms with van der Waals surface area (Å²) in [5.74, 6) is -1.02. The highest BCUT2D eigenvalue weighted by Gasteiger charge is 2.11. The molecule has 1 unspecified atom stereocenters. The van der Waals surface area contributed by atoms with Gasteiger partial charge in [0.25, 0.3) is 0 Å². The second kappa shape index (κ2) is 5.81. The van der Waals surface area contributed by atoms with E-state index in [1.54, 1.807) is 0 Å². The Morgan fingerprint density at radius 3 is 2.33 bits per heavy atom. The summed E-state index contributed by atoms with van der Waals surface area (Å²) in [5.41, 5.74) is 4.98. The predicted molar refractivity (Wildman–Crippen MR) is 34.7 cm³/mol. The quantitative estimate of drug-likeness (QED) is 0.575. The molecule has 9 heavy (non-hydrogen) atoms. The monoisotopic (exact) mass is 155 g/mol. The Kier molecular flexibility index (Phi) is 7.41. The van der Waals surface area contributed by atoms with Crippen molar-refractivity contribution in [3.05, 3.63) is 0 Å². The van der Waals surface area contributed by atoms with Gasteiger partial charge >= 0.3 is 5.97 Å². The first kappa shape index (κ1) is 11.5. The summed E-state index contributed by atoms with van der Waals surface area (Å²) < 4.78 is 4.44. The number of carbonyl (C=O) groups is 1. The highest BCUT2D eigenvalue weighted by Crippen LogP contribution is 1.83. The molecule has 3 N–H and O–H groups in total. The molecule has 0 saturated heterocycles. The number of ether oxygens (including phenoxy) is 1. The molecule has 4 nitrogen and oxygen atoms in total. The Morgan fingerprint density at radius 2 is 2.33 bits per heavy atom. The molecule has 0 aliphatic heterocycles. The van der Waals surface area contributed by atoms with Crippen molar-refractivity contribution < 1.29 is 14.6 Å². The normalized spacial score (nSPS) is 11.8. The Morgan fingerprint density at radius 1 is 1.89 bits per heavy atom. The number of carboxylic acid groups (broad SMARTS) is 1. The van der Waals surface area contributed by atoms with E-state index in [0.29, 0.717) is 0 Å². The number of hydrogen-bond donors (Lipinski definition) is 2. The molecule has 1 atom stereocenters. The fourth-order valence-electron chi connectivity index (χ4n) is 0.298. The van der Waals surface area contributed by atoms with Crippen LogP contribution in [0.15, 0.2) is 0 Å². The number of hydrogen-bond acceptors (Lipinski definition) is 3. The summed E-state index contributed by atoms with van der Waals surface area (Å²) in [6.07, 6.45) is -0.852. The van der Waals surface area contributed by atoms with Crippen LogP contribution in [-0.2, 0) is 9.53 Å². The van der Waals surface area contributed by atoms with E-state index in [2.05, 4.69) is 4.74 Å². The van der Waals surface area contributed by atoms with Gasteiger partial charge in [0, 0.05) is 13.7 Å². The molecular weight excluding hydrogens is 146 g/mol. The molecular formula is C4H10ClNO3. The van der Waals surface area contributed by atoms with E-state index in [1.165, 1.54) is 7.11 Å². The van der Waals surface area contributed by atoms with Gasteiger partial charge in [-0.25, -0.2) is 4.79 Å². The largest absolute Gasteiger partial charge is 0.479 e. The van der Waals surface area contributed by atoms with Crippen molar-refractivity contribution >= 4 is 18.4 Å². The molecule has 0 heterocycles. The molecule has 0 saturated carbocycles. The van der Waals surface area contributed by atoms with Crippen LogP contribution in [0.3, 0.4) is 0 Å². The fraction of sp³-hybridized carbons (Fsp3) is 0.750. The zero-order valence-electron chi connectivity index (χ0n) is 5.03. The second-order valence-electron chi connectivity index (χ2n) is 1.30. The van der Waals surface area contributed by atoms with Crippen LogP contribution in [0.2, 0.25) is 0 Å². The molecule has 0 rings (SSSR count). The topological polar surface area (TPSA) is 72.5 Å². The molecule has 0 aromatic heterocycles. The highest BCUT2D eigenvalue weighted by atomic mass is 35.5. The summed E-state index contributed by atoms with van der Waals surface area (Å²) >= 11 is 0.